The smallest absolute Gasteiger partial charge is 0.238 e. The normalized spacial score (nSPS) is 18.7. The van der Waals surface area contributed by atoms with E-state index in [9.17, 15) is 9.59 Å². The van der Waals surface area contributed by atoms with Crippen molar-refractivity contribution < 1.29 is 9.59 Å². The van der Waals surface area contributed by atoms with E-state index in [0.717, 1.165) is 12.8 Å². The van der Waals surface area contributed by atoms with Gasteiger partial charge in [0.25, 0.3) is 0 Å². The van der Waals surface area contributed by atoms with Crippen LogP contribution in [0.5, 0.6) is 0 Å². The molecule has 0 radical (unpaired) electrons. The van der Waals surface area contributed by atoms with Gasteiger partial charge in [0.05, 0.1) is 0 Å². The summed E-state index contributed by atoms with van der Waals surface area (Å²) < 4.78 is 0. The molecule has 0 unspecified atom stereocenters. The predicted molar refractivity (Wildman–Crippen MR) is 48.9 cm³/mol. The standard InChI is InChI=1S/C9H16N2O2/c1-8(2)11-9(13)4-6-10(11)5-3-7-12/h7-8H,3-6H2,1-2H3. The Morgan fingerprint density at radius 1 is 1.54 bits per heavy atom. The van der Waals surface area contributed by atoms with Crippen LogP contribution in [0.15, 0.2) is 0 Å². The van der Waals surface area contributed by atoms with Crippen molar-refractivity contribution in [2.45, 2.75) is 32.7 Å². The van der Waals surface area contributed by atoms with Gasteiger partial charge in [0.2, 0.25) is 5.91 Å². The highest BCUT2D eigenvalue weighted by Crippen LogP contribution is 2.15. The van der Waals surface area contributed by atoms with Crippen LogP contribution in [-0.4, -0.2) is 41.3 Å². The summed E-state index contributed by atoms with van der Waals surface area (Å²) in [6.45, 7) is 5.38. The first kappa shape index (κ1) is 10.2. The lowest BCUT2D eigenvalue weighted by Gasteiger charge is -2.30. The Bertz CT molecular complexity index is 204. The molecule has 0 bridgehead atoms. The Hall–Kier alpha value is -0.900. The SMILES string of the molecule is CC(C)N1C(=O)CCN1CCC=O. The lowest BCUT2D eigenvalue weighted by molar-refractivity contribution is -0.141. The van der Waals surface area contributed by atoms with Gasteiger partial charge < -0.3 is 4.79 Å². The largest absolute Gasteiger partial charge is 0.303 e. The topological polar surface area (TPSA) is 40.6 Å². The third-order valence-electron chi connectivity index (χ3n) is 2.14. The van der Waals surface area contributed by atoms with Gasteiger partial charge in [-0.1, -0.05) is 0 Å². The van der Waals surface area contributed by atoms with E-state index in [2.05, 4.69) is 0 Å². The summed E-state index contributed by atoms with van der Waals surface area (Å²) in [6.07, 6.45) is 1.97. The number of aldehydes is 1. The number of hydrogen-bond donors (Lipinski definition) is 0. The summed E-state index contributed by atoms with van der Waals surface area (Å²) in [6, 6.07) is 0.196. The van der Waals surface area contributed by atoms with Crippen LogP contribution in [0.2, 0.25) is 0 Å². The fourth-order valence-electron chi connectivity index (χ4n) is 1.64. The highest BCUT2D eigenvalue weighted by molar-refractivity contribution is 5.77. The number of amides is 1. The van der Waals surface area contributed by atoms with E-state index in [-0.39, 0.29) is 11.9 Å². The van der Waals surface area contributed by atoms with E-state index in [4.69, 9.17) is 0 Å². The van der Waals surface area contributed by atoms with Crippen molar-refractivity contribution in [3.05, 3.63) is 0 Å². The van der Waals surface area contributed by atoms with Gasteiger partial charge >= 0.3 is 0 Å². The van der Waals surface area contributed by atoms with E-state index < -0.39 is 0 Å². The average Bonchev–Trinajstić information content (AvgIpc) is 2.43. The molecule has 0 aromatic heterocycles. The van der Waals surface area contributed by atoms with Crippen LogP contribution in [0.4, 0.5) is 0 Å². The average molecular weight is 184 g/mol. The number of carbonyl (C=O) groups excluding carboxylic acids is 2. The van der Waals surface area contributed by atoms with Crippen LogP contribution >= 0.6 is 0 Å². The van der Waals surface area contributed by atoms with Gasteiger partial charge in [-0.25, -0.2) is 5.01 Å². The molecule has 0 saturated carbocycles. The lowest BCUT2D eigenvalue weighted by atomic mass is 10.3. The number of carbonyl (C=O) groups is 2. The molecule has 1 heterocycles. The molecule has 13 heavy (non-hydrogen) atoms. The first-order valence-corrected chi connectivity index (χ1v) is 4.67. The van der Waals surface area contributed by atoms with Crippen molar-refractivity contribution in [1.82, 2.24) is 10.0 Å². The van der Waals surface area contributed by atoms with Gasteiger partial charge in [0.1, 0.15) is 6.29 Å². The van der Waals surface area contributed by atoms with Crippen molar-refractivity contribution in [3.63, 3.8) is 0 Å². The Kier molecular flexibility index (Phi) is 3.42. The fraction of sp³-hybridized carbons (Fsp3) is 0.778. The van der Waals surface area contributed by atoms with Crippen LogP contribution in [-0.2, 0) is 9.59 Å². The quantitative estimate of drug-likeness (QED) is 0.595. The van der Waals surface area contributed by atoms with Crippen LogP contribution < -0.4 is 0 Å². The van der Waals surface area contributed by atoms with Crippen LogP contribution in [0.3, 0.4) is 0 Å². The lowest BCUT2D eigenvalue weighted by Crippen LogP contribution is -2.44. The summed E-state index contributed by atoms with van der Waals surface area (Å²) >= 11 is 0. The maximum Gasteiger partial charge on any atom is 0.238 e. The molecule has 1 saturated heterocycles. The second-order valence-electron chi connectivity index (χ2n) is 3.49. The first-order chi connectivity index (χ1) is 6.16. The number of nitrogens with zero attached hydrogens (tertiary/aromatic N) is 2. The van der Waals surface area contributed by atoms with Crippen LogP contribution in [0.25, 0.3) is 0 Å². The Morgan fingerprint density at radius 2 is 2.23 bits per heavy atom. The molecule has 1 amide bonds. The van der Waals surface area contributed by atoms with Crippen molar-refractivity contribution in [2.75, 3.05) is 13.1 Å². The molecule has 0 spiro atoms. The van der Waals surface area contributed by atoms with Gasteiger partial charge in [0.15, 0.2) is 0 Å². The molecular weight excluding hydrogens is 168 g/mol. The monoisotopic (exact) mass is 184 g/mol. The summed E-state index contributed by atoms with van der Waals surface area (Å²) in [5.74, 6) is 0.167. The second kappa shape index (κ2) is 4.37. The van der Waals surface area contributed by atoms with Gasteiger partial charge in [-0.3, -0.25) is 9.80 Å². The van der Waals surface area contributed by atoms with Gasteiger partial charge in [-0.05, 0) is 13.8 Å². The number of hydrazine groups is 1. The zero-order chi connectivity index (χ0) is 9.84. The molecule has 4 heteroatoms. The highest BCUT2D eigenvalue weighted by Gasteiger charge is 2.29. The highest BCUT2D eigenvalue weighted by atomic mass is 16.2. The molecule has 0 N–H and O–H groups in total. The zero-order valence-corrected chi connectivity index (χ0v) is 8.19. The summed E-state index contributed by atoms with van der Waals surface area (Å²) in [5.41, 5.74) is 0. The number of rotatable bonds is 4. The third kappa shape index (κ3) is 2.28. The molecule has 4 nitrogen and oxygen atoms in total. The minimum Gasteiger partial charge on any atom is -0.303 e. The number of hydrogen-bond acceptors (Lipinski definition) is 3. The van der Waals surface area contributed by atoms with Crippen molar-refractivity contribution in [1.29, 1.82) is 0 Å². The fourth-order valence-corrected chi connectivity index (χ4v) is 1.64. The summed E-state index contributed by atoms with van der Waals surface area (Å²) in [4.78, 5) is 21.6. The van der Waals surface area contributed by atoms with E-state index in [1.807, 2.05) is 18.9 Å². The molecule has 0 atom stereocenters. The van der Waals surface area contributed by atoms with Crippen LogP contribution in [0.1, 0.15) is 26.7 Å². The minimum atomic E-state index is 0.167. The Morgan fingerprint density at radius 3 is 2.77 bits per heavy atom. The second-order valence-corrected chi connectivity index (χ2v) is 3.49. The molecule has 0 aromatic carbocycles. The van der Waals surface area contributed by atoms with E-state index >= 15 is 0 Å². The van der Waals surface area contributed by atoms with Gasteiger partial charge in [-0.2, -0.15) is 0 Å². The molecule has 0 aliphatic carbocycles. The zero-order valence-electron chi connectivity index (χ0n) is 8.19. The molecule has 1 aliphatic heterocycles. The predicted octanol–water partition coefficient (Wildman–Crippen LogP) is 0.433. The molecule has 1 fully saturated rings. The summed E-state index contributed by atoms with van der Waals surface area (Å²) in [5, 5.41) is 3.71. The molecule has 0 aromatic rings. The maximum atomic E-state index is 11.4. The Balaban J connectivity index is 2.53. The maximum absolute atomic E-state index is 11.4. The Labute approximate surface area is 78.5 Å². The molecule has 74 valence electrons. The van der Waals surface area contributed by atoms with Gasteiger partial charge in [-0.15, -0.1) is 0 Å². The van der Waals surface area contributed by atoms with E-state index in [0.29, 0.717) is 19.4 Å². The first-order valence-electron chi connectivity index (χ1n) is 4.67. The summed E-state index contributed by atoms with van der Waals surface area (Å²) in [7, 11) is 0. The van der Waals surface area contributed by atoms with E-state index in [1.54, 1.807) is 5.01 Å². The molecule has 1 rings (SSSR count). The molecule has 1 aliphatic rings. The third-order valence-corrected chi connectivity index (χ3v) is 2.14. The van der Waals surface area contributed by atoms with Crippen molar-refractivity contribution in [2.24, 2.45) is 0 Å². The van der Waals surface area contributed by atoms with Gasteiger partial charge in [0, 0.05) is 32.0 Å². The minimum absolute atomic E-state index is 0.167. The van der Waals surface area contributed by atoms with Crippen molar-refractivity contribution in [3.8, 4) is 0 Å². The van der Waals surface area contributed by atoms with Crippen molar-refractivity contribution >= 4 is 12.2 Å². The molecular formula is C9H16N2O2. The van der Waals surface area contributed by atoms with Crippen LogP contribution in [0, 0.1) is 0 Å². The van der Waals surface area contributed by atoms with E-state index in [1.165, 1.54) is 0 Å².